The van der Waals surface area contributed by atoms with Gasteiger partial charge in [-0.1, -0.05) is 6.08 Å². The van der Waals surface area contributed by atoms with Crippen LogP contribution >= 0.6 is 0 Å². The lowest BCUT2D eigenvalue weighted by Gasteiger charge is -1.96. The summed E-state index contributed by atoms with van der Waals surface area (Å²) in [5.41, 5.74) is 3.28. The molecule has 2 rings (SSSR count). The number of aromatic nitrogens is 1. The Bertz CT molecular complexity index is 373. The molecule has 0 radical (unpaired) electrons. The molecule has 0 fully saturated rings. The first-order valence-electron chi connectivity index (χ1n) is 3.67. The molecule has 56 valence electrons. The first-order valence-corrected chi connectivity index (χ1v) is 3.67. The number of aromatic amines is 1. The third-order valence-corrected chi connectivity index (χ3v) is 2.10. The molecular formula is C9H9NO. The molecule has 0 saturated heterocycles. The van der Waals surface area contributed by atoms with E-state index < -0.39 is 0 Å². The predicted octanol–water partition coefficient (Wildman–Crippen LogP) is 1.33. The van der Waals surface area contributed by atoms with Crippen molar-refractivity contribution in [3.8, 4) is 0 Å². The standard InChI is InChI=1S/C9H9NO/c1-6-2-3-8-7(6)4-5-10-9(8)11/h2,4-5H,3H2,1H3,(H,10,11). The van der Waals surface area contributed by atoms with E-state index in [0.29, 0.717) is 0 Å². The molecule has 0 aliphatic heterocycles. The van der Waals surface area contributed by atoms with Crippen molar-refractivity contribution in [1.82, 2.24) is 4.98 Å². The van der Waals surface area contributed by atoms with Gasteiger partial charge in [0.15, 0.2) is 0 Å². The van der Waals surface area contributed by atoms with E-state index in [1.165, 1.54) is 5.57 Å². The van der Waals surface area contributed by atoms with Gasteiger partial charge in [0.2, 0.25) is 0 Å². The third-order valence-electron chi connectivity index (χ3n) is 2.10. The largest absolute Gasteiger partial charge is 0.329 e. The molecule has 2 heteroatoms. The Kier molecular flexibility index (Phi) is 1.22. The summed E-state index contributed by atoms with van der Waals surface area (Å²) >= 11 is 0. The molecule has 1 N–H and O–H groups in total. The van der Waals surface area contributed by atoms with Crippen LogP contribution in [0.3, 0.4) is 0 Å². The van der Waals surface area contributed by atoms with Gasteiger partial charge in [-0.3, -0.25) is 4.79 Å². The van der Waals surface area contributed by atoms with Gasteiger partial charge in [-0.25, -0.2) is 0 Å². The fraction of sp³-hybridized carbons (Fsp3) is 0.222. The van der Waals surface area contributed by atoms with E-state index >= 15 is 0 Å². The first-order chi connectivity index (χ1) is 5.29. The molecule has 1 aromatic rings. The van der Waals surface area contributed by atoms with Crippen molar-refractivity contribution in [1.29, 1.82) is 0 Å². The van der Waals surface area contributed by atoms with Crippen LogP contribution in [0.25, 0.3) is 5.57 Å². The highest BCUT2D eigenvalue weighted by Gasteiger charge is 2.12. The second-order valence-corrected chi connectivity index (χ2v) is 2.79. The molecule has 11 heavy (non-hydrogen) atoms. The molecule has 0 amide bonds. The number of H-pyrrole nitrogens is 1. The minimum Gasteiger partial charge on any atom is -0.329 e. The summed E-state index contributed by atoms with van der Waals surface area (Å²) in [6, 6.07) is 1.95. The summed E-state index contributed by atoms with van der Waals surface area (Å²) in [7, 11) is 0. The number of fused-ring (bicyclic) bond motifs is 1. The van der Waals surface area contributed by atoms with Crippen LogP contribution in [-0.4, -0.2) is 4.98 Å². The predicted molar refractivity (Wildman–Crippen MR) is 44.4 cm³/mol. The van der Waals surface area contributed by atoms with Gasteiger partial charge >= 0.3 is 0 Å². The topological polar surface area (TPSA) is 32.9 Å². The van der Waals surface area contributed by atoms with E-state index in [4.69, 9.17) is 0 Å². The summed E-state index contributed by atoms with van der Waals surface area (Å²) < 4.78 is 0. The number of hydrogen-bond acceptors (Lipinski definition) is 1. The van der Waals surface area contributed by atoms with Crippen molar-refractivity contribution >= 4 is 5.57 Å². The Labute approximate surface area is 64.6 Å². The second-order valence-electron chi connectivity index (χ2n) is 2.79. The second kappa shape index (κ2) is 2.09. The fourth-order valence-electron chi connectivity index (χ4n) is 1.45. The van der Waals surface area contributed by atoms with Crippen molar-refractivity contribution in [3.05, 3.63) is 39.8 Å². The van der Waals surface area contributed by atoms with Gasteiger partial charge in [0.25, 0.3) is 5.56 Å². The summed E-state index contributed by atoms with van der Waals surface area (Å²) in [5, 5.41) is 0. The lowest BCUT2D eigenvalue weighted by molar-refractivity contribution is 1.14. The Morgan fingerprint density at radius 2 is 2.36 bits per heavy atom. The maximum absolute atomic E-state index is 11.2. The van der Waals surface area contributed by atoms with Gasteiger partial charge in [-0.15, -0.1) is 0 Å². The van der Waals surface area contributed by atoms with Crippen LogP contribution in [0, 0.1) is 0 Å². The highest BCUT2D eigenvalue weighted by Crippen LogP contribution is 2.22. The summed E-state index contributed by atoms with van der Waals surface area (Å²) in [6.45, 7) is 2.03. The van der Waals surface area contributed by atoms with Crippen LogP contribution < -0.4 is 5.56 Å². The zero-order valence-corrected chi connectivity index (χ0v) is 6.35. The lowest BCUT2D eigenvalue weighted by Crippen LogP contribution is -2.10. The van der Waals surface area contributed by atoms with Crippen LogP contribution in [0.2, 0.25) is 0 Å². The van der Waals surface area contributed by atoms with Gasteiger partial charge in [-0.2, -0.15) is 0 Å². The van der Waals surface area contributed by atoms with E-state index in [0.717, 1.165) is 17.5 Å². The number of hydrogen-bond donors (Lipinski definition) is 1. The average Bonchev–Trinajstić information content (AvgIpc) is 2.35. The van der Waals surface area contributed by atoms with Crippen molar-refractivity contribution in [2.45, 2.75) is 13.3 Å². The van der Waals surface area contributed by atoms with Crippen LogP contribution in [0.5, 0.6) is 0 Å². The molecule has 1 aliphatic carbocycles. The number of allylic oxidation sites excluding steroid dienone is 2. The summed E-state index contributed by atoms with van der Waals surface area (Å²) in [6.07, 6.45) is 4.57. The first kappa shape index (κ1) is 6.40. The molecule has 1 heterocycles. The molecular weight excluding hydrogens is 138 g/mol. The highest BCUT2D eigenvalue weighted by atomic mass is 16.1. The quantitative estimate of drug-likeness (QED) is 0.590. The van der Waals surface area contributed by atoms with Crippen molar-refractivity contribution in [3.63, 3.8) is 0 Å². The Hall–Kier alpha value is -1.31. The molecule has 0 aromatic carbocycles. The zero-order valence-electron chi connectivity index (χ0n) is 6.35. The van der Waals surface area contributed by atoms with Crippen molar-refractivity contribution in [2.24, 2.45) is 0 Å². The van der Waals surface area contributed by atoms with Crippen molar-refractivity contribution < 1.29 is 0 Å². The molecule has 1 aromatic heterocycles. The lowest BCUT2D eigenvalue weighted by atomic mass is 10.1. The molecule has 0 saturated carbocycles. The van der Waals surface area contributed by atoms with Gasteiger partial charge < -0.3 is 4.98 Å². The Morgan fingerprint density at radius 1 is 1.55 bits per heavy atom. The van der Waals surface area contributed by atoms with E-state index in [-0.39, 0.29) is 5.56 Å². The highest BCUT2D eigenvalue weighted by molar-refractivity contribution is 5.70. The van der Waals surface area contributed by atoms with E-state index in [1.807, 2.05) is 13.0 Å². The SMILES string of the molecule is CC1=CCc2c1cc[nH]c2=O. The molecule has 0 atom stereocenters. The van der Waals surface area contributed by atoms with E-state index in [2.05, 4.69) is 11.1 Å². The van der Waals surface area contributed by atoms with E-state index in [1.54, 1.807) is 6.20 Å². The average molecular weight is 147 g/mol. The monoisotopic (exact) mass is 147 g/mol. The normalized spacial score (nSPS) is 14.5. The number of rotatable bonds is 0. The van der Waals surface area contributed by atoms with Crippen molar-refractivity contribution in [2.75, 3.05) is 0 Å². The minimum atomic E-state index is 0.0515. The molecule has 1 aliphatic rings. The molecule has 0 bridgehead atoms. The van der Waals surface area contributed by atoms with Gasteiger partial charge in [-0.05, 0) is 30.5 Å². The number of pyridine rings is 1. The maximum atomic E-state index is 11.2. The van der Waals surface area contributed by atoms with Gasteiger partial charge in [0.1, 0.15) is 0 Å². The maximum Gasteiger partial charge on any atom is 0.252 e. The molecule has 0 unspecified atom stereocenters. The summed E-state index contributed by atoms with van der Waals surface area (Å²) in [4.78, 5) is 13.8. The van der Waals surface area contributed by atoms with Gasteiger partial charge in [0, 0.05) is 11.8 Å². The number of nitrogens with one attached hydrogen (secondary N) is 1. The summed E-state index contributed by atoms with van der Waals surface area (Å²) in [5.74, 6) is 0. The van der Waals surface area contributed by atoms with E-state index in [9.17, 15) is 4.79 Å². The smallest absolute Gasteiger partial charge is 0.252 e. The molecule has 2 nitrogen and oxygen atoms in total. The fourth-order valence-corrected chi connectivity index (χ4v) is 1.45. The Morgan fingerprint density at radius 3 is 3.09 bits per heavy atom. The minimum absolute atomic E-state index is 0.0515. The zero-order chi connectivity index (χ0) is 7.84. The van der Waals surface area contributed by atoms with Crippen LogP contribution in [0.15, 0.2) is 23.1 Å². The van der Waals surface area contributed by atoms with Crippen LogP contribution in [0.1, 0.15) is 18.1 Å². The van der Waals surface area contributed by atoms with Crippen LogP contribution in [-0.2, 0) is 6.42 Å². The van der Waals surface area contributed by atoms with Gasteiger partial charge in [0.05, 0.1) is 0 Å². The molecule has 0 spiro atoms. The van der Waals surface area contributed by atoms with Crippen LogP contribution in [0.4, 0.5) is 0 Å². The Balaban J connectivity index is 2.74. The third kappa shape index (κ3) is 0.827.